The number of hydrogen-bond acceptors (Lipinski definition) is 3. The molecule has 0 aliphatic carbocycles. The summed E-state index contributed by atoms with van der Waals surface area (Å²) in [4.78, 5) is 0. The first kappa shape index (κ1) is 15.2. The second kappa shape index (κ2) is 5.82. The minimum atomic E-state index is -0.0866. The quantitative estimate of drug-likeness (QED) is 0.831. The lowest BCUT2D eigenvalue weighted by Crippen LogP contribution is -2.11. The first-order chi connectivity index (χ1) is 10.5. The topological polar surface area (TPSA) is 44.6 Å². The van der Waals surface area contributed by atoms with Crippen molar-refractivity contribution >= 4 is 28.9 Å². The molecule has 114 valence electrons. The number of phenols is 1. The lowest BCUT2D eigenvalue weighted by molar-refractivity contribution is 0.469. The maximum absolute atomic E-state index is 10.3. The SMILES string of the molecule is Cc1cc(C)c(O)c(C2=NN[C@H](c3c(Cl)cccc3Cl)C2)c1. The van der Waals surface area contributed by atoms with Gasteiger partial charge in [0.15, 0.2) is 0 Å². The Labute approximate surface area is 139 Å². The van der Waals surface area contributed by atoms with E-state index in [1.165, 1.54) is 0 Å². The summed E-state index contributed by atoms with van der Waals surface area (Å²) in [7, 11) is 0. The van der Waals surface area contributed by atoms with Crippen molar-refractivity contribution in [3.05, 3.63) is 62.6 Å². The van der Waals surface area contributed by atoms with Crippen LogP contribution in [0, 0.1) is 13.8 Å². The third-order valence-electron chi connectivity index (χ3n) is 3.86. The molecule has 3 nitrogen and oxygen atoms in total. The Morgan fingerprint density at radius 2 is 1.86 bits per heavy atom. The van der Waals surface area contributed by atoms with E-state index in [9.17, 15) is 5.11 Å². The number of benzene rings is 2. The van der Waals surface area contributed by atoms with Crippen LogP contribution in [0.25, 0.3) is 0 Å². The van der Waals surface area contributed by atoms with Gasteiger partial charge < -0.3 is 10.5 Å². The van der Waals surface area contributed by atoms with Gasteiger partial charge >= 0.3 is 0 Å². The van der Waals surface area contributed by atoms with Gasteiger partial charge in [0.25, 0.3) is 0 Å². The maximum atomic E-state index is 10.3. The van der Waals surface area contributed by atoms with E-state index in [-0.39, 0.29) is 11.8 Å². The van der Waals surface area contributed by atoms with Gasteiger partial charge in [-0.3, -0.25) is 0 Å². The first-order valence-electron chi connectivity index (χ1n) is 7.04. The van der Waals surface area contributed by atoms with E-state index in [1.807, 2.05) is 44.2 Å². The van der Waals surface area contributed by atoms with Crippen LogP contribution >= 0.6 is 23.2 Å². The van der Waals surface area contributed by atoms with E-state index in [0.717, 1.165) is 28.0 Å². The molecule has 0 saturated heterocycles. The first-order valence-corrected chi connectivity index (χ1v) is 7.79. The standard InChI is InChI=1S/C17H16Cl2N2O/c1-9-6-10(2)17(22)11(7-9)14-8-15(21-20-14)16-12(18)4-3-5-13(16)19/h3-7,15,21-22H,8H2,1-2H3/t15-/m0/s1. The predicted octanol–water partition coefficient (Wildman–Crippen LogP) is 4.75. The van der Waals surface area contributed by atoms with Crippen molar-refractivity contribution in [2.45, 2.75) is 26.3 Å². The van der Waals surface area contributed by atoms with E-state index in [0.29, 0.717) is 16.5 Å². The molecule has 1 atom stereocenters. The minimum Gasteiger partial charge on any atom is -0.507 e. The normalized spacial score (nSPS) is 17.3. The van der Waals surface area contributed by atoms with Crippen molar-refractivity contribution in [2.75, 3.05) is 0 Å². The fourth-order valence-electron chi connectivity index (χ4n) is 2.80. The third-order valence-corrected chi connectivity index (χ3v) is 4.52. The highest BCUT2D eigenvalue weighted by atomic mass is 35.5. The lowest BCUT2D eigenvalue weighted by Gasteiger charge is -2.14. The van der Waals surface area contributed by atoms with E-state index in [2.05, 4.69) is 10.5 Å². The van der Waals surface area contributed by atoms with Crippen LogP contribution in [0.15, 0.2) is 35.4 Å². The fraction of sp³-hybridized carbons (Fsp3) is 0.235. The van der Waals surface area contributed by atoms with Crippen molar-refractivity contribution in [3.63, 3.8) is 0 Å². The maximum Gasteiger partial charge on any atom is 0.127 e. The molecule has 2 aromatic carbocycles. The Hall–Kier alpha value is -1.71. The summed E-state index contributed by atoms with van der Waals surface area (Å²) >= 11 is 12.5. The fourth-order valence-corrected chi connectivity index (χ4v) is 3.46. The number of hydrogen-bond donors (Lipinski definition) is 2. The van der Waals surface area contributed by atoms with Crippen molar-refractivity contribution < 1.29 is 5.11 Å². The van der Waals surface area contributed by atoms with E-state index < -0.39 is 0 Å². The zero-order valence-corrected chi connectivity index (χ0v) is 13.8. The van der Waals surface area contributed by atoms with Gasteiger partial charge in [0.1, 0.15) is 5.75 Å². The Morgan fingerprint density at radius 1 is 1.18 bits per heavy atom. The summed E-state index contributed by atoms with van der Waals surface area (Å²) in [6.45, 7) is 3.89. The largest absolute Gasteiger partial charge is 0.507 e. The third kappa shape index (κ3) is 2.67. The van der Waals surface area contributed by atoms with Crippen LogP contribution < -0.4 is 5.43 Å². The number of halogens is 2. The Balaban J connectivity index is 1.93. The summed E-state index contributed by atoms with van der Waals surface area (Å²) in [6, 6.07) is 9.26. The highest BCUT2D eigenvalue weighted by molar-refractivity contribution is 6.36. The molecular weight excluding hydrogens is 319 g/mol. The van der Waals surface area contributed by atoms with Gasteiger partial charge in [-0.2, -0.15) is 5.10 Å². The Kier molecular flexibility index (Phi) is 4.02. The molecular formula is C17H16Cl2N2O. The molecule has 0 amide bonds. The lowest BCUT2D eigenvalue weighted by atomic mass is 9.96. The van der Waals surface area contributed by atoms with E-state index >= 15 is 0 Å². The minimum absolute atomic E-state index is 0.0866. The van der Waals surface area contributed by atoms with Gasteiger partial charge in [0.05, 0.1) is 11.8 Å². The van der Waals surface area contributed by atoms with E-state index in [1.54, 1.807) is 0 Å². The van der Waals surface area contributed by atoms with Crippen LogP contribution in [0.2, 0.25) is 10.0 Å². The molecule has 0 spiro atoms. The number of rotatable bonds is 2. The highest BCUT2D eigenvalue weighted by Crippen LogP contribution is 2.36. The molecule has 0 radical (unpaired) electrons. The molecule has 3 rings (SSSR count). The zero-order valence-electron chi connectivity index (χ0n) is 12.3. The summed E-state index contributed by atoms with van der Waals surface area (Å²) in [5, 5.41) is 15.9. The number of hydrazone groups is 1. The molecule has 0 saturated carbocycles. The van der Waals surface area contributed by atoms with Gasteiger partial charge in [-0.25, -0.2) is 0 Å². The van der Waals surface area contributed by atoms with Crippen molar-refractivity contribution in [2.24, 2.45) is 5.10 Å². The monoisotopic (exact) mass is 334 g/mol. The smallest absolute Gasteiger partial charge is 0.127 e. The van der Waals surface area contributed by atoms with Crippen LogP contribution in [-0.2, 0) is 0 Å². The second-order valence-electron chi connectivity index (χ2n) is 5.56. The van der Waals surface area contributed by atoms with Gasteiger partial charge in [-0.15, -0.1) is 0 Å². The van der Waals surface area contributed by atoms with Gasteiger partial charge in [0, 0.05) is 27.6 Å². The molecule has 0 unspecified atom stereocenters. The predicted molar refractivity (Wildman–Crippen MR) is 91.1 cm³/mol. The number of phenolic OH excluding ortho intramolecular Hbond substituents is 1. The highest BCUT2D eigenvalue weighted by Gasteiger charge is 2.26. The molecule has 1 aliphatic rings. The summed E-state index contributed by atoms with van der Waals surface area (Å²) < 4.78 is 0. The van der Waals surface area contributed by atoms with Gasteiger partial charge in [-0.1, -0.05) is 35.3 Å². The molecule has 2 aromatic rings. The van der Waals surface area contributed by atoms with Gasteiger partial charge in [0.2, 0.25) is 0 Å². The van der Waals surface area contributed by atoms with Crippen LogP contribution in [0.4, 0.5) is 0 Å². The van der Waals surface area contributed by atoms with Crippen molar-refractivity contribution in [1.82, 2.24) is 5.43 Å². The number of aryl methyl sites for hydroxylation is 2. The molecule has 2 N–H and O–H groups in total. The number of aromatic hydroxyl groups is 1. The van der Waals surface area contributed by atoms with Crippen LogP contribution in [0.5, 0.6) is 5.75 Å². The number of nitrogens with zero attached hydrogens (tertiary/aromatic N) is 1. The average molecular weight is 335 g/mol. The zero-order chi connectivity index (χ0) is 15.9. The molecule has 5 heteroatoms. The summed E-state index contributed by atoms with van der Waals surface area (Å²) in [5.74, 6) is 0.275. The van der Waals surface area contributed by atoms with Crippen LogP contribution in [0.1, 0.15) is 34.7 Å². The Morgan fingerprint density at radius 3 is 2.55 bits per heavy atom. The summed E-state index contributed by atoms with van der Waals surface area (Å²) in [5.41, 5.74) is 7.42. The Bertz CT molecular complexity index is 751. The molecule has 22 heavy (non-hydrogen) atoms. The molecule has 1 aliphatic heterocycles. The molecule has 0 bridgehead atoms. The van der Waals surface area contributed by atoms with E-state index in [4.69, 9.17) is 23.2 Å². The summed E-state index contributed by atoms with van der Waals surface area (Å²) in [6.07, 6.45) is 0.625. The average Bonchev–Trinajstić information content (AvgIpc) is 2.92. The molecule has 0 aromatic heterocycles. The van der Waals surface area contributed by atoms with Gasteiger partial charge in [-0.05, 0) is 43.2 Å². The molecule has 0 fully saturated rings. The van der Waals surface area contributed by atoms with Crippen LogP contribution in [0.3, 0.4) is 0 Å². The van der Waals surface area contributed by atoms with Crippen molar-refractivity contribution in [3.8, 4) is 5.75 Å². The number of nitrogens with one attached hydrogen (secondary N) is 1. The molecule has 1 heterocycles. The second-order valence-corrected chi connectivity index (χ2v) is 6.37. The van der Waals surface area contributed by atoms with Crippen LogP contribution in [-0.4, -0.2) is 10.8 Å². The van der Waals surface area contributed by atoms with Crippen molar-refractivity contribution in [1.29, 1.82) is 0 Å².